The van der Waals surface area contributed by atoms with Crippen molar-refractivity contribution >= 4 is 5.78 Å². The molecule has 1 aliphatic carbocycles. The normalized spacial score (nSPS) is 47.6. The van der Waals surface area contributed by atoms with Crippen molar-refractivity contribution in [2.75, 3.05) is 6.61 Å². The number of rotatable bonds is 0. The van der Waals surface area contributed by atoms with E-state index < -0.39 is 11.2 Å². The first-order chi connectivity index (χ1) is 6.84. The van der Waals surface area contributed by atoms with Crippen LogP contribution in [-0.2, 0) is 14.3 Å². The van der Waals surface area contributed by atoms with Crippen LogP contribution in [0.2, 0.25) is 0 Å². The first kappa shape index (κ1) is 9.55. The van der Waals surface area contributed by atoms with Crippen LogP contribution < -0.4 is 0 Å². The highest BCUT2D eigenvalue weighted by Gasteiger charge is 2.77. The summed E-state index contributed by atoms with van der Waals surface area (Å²) < 4.78 is 11.1. The van der Waals surface area contributed by atoms with Crippen LogP contribution in [0.3, 0.4) is 0 Å². The van der Waals surface area contributed by atoms with Gasteiger partial charge in [-0.2, -0.15) is 0 Å². The molecule has 3 atom stereocenters. The fourth-order valence-electron chi connectivity index (χ4n) is 2.72. The SMILES string of the molecule is CC1=CC2OC2(C(C)(C)C)C(=O)C12CO2. The average molecular weight is 208 g/mol. The lowest BCUT2D eigenvalue weighted by molar-refractivity contribution is -0.132. The minimum absolute atomic E-state index is 0.0279. The van der Waals surface area contributed by atoms with Gasteiger partial charge in [-0.05, 0) is 12.5 Å². The van der Waals surface area contributed by atoms with Gasteiger partial charge in [0.15, 0.2) is 11.2 Å². The van der Waals surface area contributed by atoms with Crippen molar-refractivity contribution < 1.29 is 14.3 Å². The molecule has 15 heavy (non-hydrogen) atoms. The average Bonchev–Trinajstić information content (AvgIpc) is 2.94. The molecule has 2 heterocycles. The number of ether oxygens (including phenoxy) is 2. The monoisotopic (exact) mass is 208 g/mol. The van der Waals surface area contributed by atoms with E-state index in [1.54, 1.807) is 0 Å². The summed E-state index contributed by atoms with van der Waals surface area (Å²) in [5, 5.41) is 0. The highest BCUT2D eigenvalue weighted by Crippen LogP contribution is 2.60. The second-order valence-electron chi connectivity index (χ2n) is 5.82. The molecule has 0 saturated carbocycles. The zero-order chi connectivity index (χ0) is 11.1. The number of hydrogen-bond acceptors (Lipinski definition) is 3. The van der Waals surface area contributed by atoms with Crippen LogP contribution >= 0.6 is 0 Å². The van der Waals surface area contributed by atoms with Crippen molar-refractivity contribution in [3.63, 3.8) is 0 Å². The first-order valence-corrected chi connectivity index (χ1v) is 5.40. The summed E-state index contributed by atoms with van der Waals surface area (Å²) in [6.45, 7) is 8.64. The van der Waals surface area contributed by atoms with E-state index in [-0.39, 0.29) is 17.3 Å². The summed E-state index contributed by atoms with van der Waals surface area (Å²) in [5.74, 6) is 0.132. The Hall–Kier alpha value is -0.670. The highest BCUT2D eigenvalue weighted by molar-refractivity contribution is 6.04. The summed E-state index contributed by atoms with van der Waals surface area (Å²) >= 11 is 0. The molecule has 0 amide bonds. The number of ketones is 1. The molecule has 82 valence electrons. The smallest absolute Gasteiger partial charge is 0.206 e. The summed E-state index contributed by atoms with van der Waals surface area (Å²) in [7, 11) is 0. The Balaban J connectivity index is 2.09. The van der Waals surface area contributed by atoms with Crippen LogP contribution in [0, 0.1) is 5.41 Å². The van der Waals surface area contributed by atoms with Crippen LogP contribution in [0.15, 0.2) is 11.6 Å². The molecule has 2 fully saturated rings. The lowest BCUT2D eigenvalue weighted by Gasteiger charge is -2.31. The van der Waals surface area contributed by atoms with E-state index in [2.05, 4.69) is 26.8 Å². The molecule has 0 aromatic rings. The van der Waals surface area contributed by atoms with Crippen molar-refractivity contribution in [2.45, 2.75) is 45.0 Å². The third-order valence-electron chi connectivity index (χ3n) is 3.95. The molecule has 3 nitrogen and oxygen atoms in total. The summed E-state index contributed by atoms with van der Waals surface area (Å²) in [6, 6.07) is 0. The Morgan fingerprint density at radius 3 is 2.53 bits per heavy atom. The standard InChI is InChI=1S/C12H16O3/c1-7-5-8-12(15-8,10(2,3)4)9(13)11(7)6-14-11/h5,8H,6H2,1-4H3. The molecule has 2 saturated heterocycles. The van der Waals surface area contributed by atoms with E-state index in [1.165, 1.54) is 0 Å². The number of hydrogen-bond donors (Lipinski definition) is 0. The van der Waals surface area contributed by atoms with E-state index in [1.807, 2.05) is 6.92 Å². The maximum Gasteiger partial charge on any atom is 0.206 e. The molecule has 0 bridgehead atoms. The Morgan fingerprint density at radius 1 is 1.47 bits per heavy atom. The van der Waals surface area contributed by atoms with Crippen LogP contribution in [0.1, 0.15) is 27.7 Å². The summed E-state index contributed by atoms with van der Waals surface area (Å²) in [6.07, 6.45) is 2.03. The van der Waals surface area contributed by atoms with Gasteiger partial charge in [-0.25, -0.2) is 0 Å². The van der Waals surface area contributed by atoms with E-state index in [0.29, 0.717) is 6.61 Å². The van der Waals surface area contributed by atoms with Crippen molar-refractivity contribution in [3.8, 4) is 0 Å². The quantitative estimate of drug-likeness (QED) is 0.447. The van der Waals surface area contributed by atoms with Gasteiger partial charge in [0, 0.05) is 5.41 Å². The molecule has 3 unspecified atom stereocenters. The molecule has 0 aromatic carbocycles. The third kappa shape index (κ3) is 0.871. The van der Waals surface area contributed by atoms with Gasteiger partial charge in [0.1, 0.15) is 6.10 Å². The van der Waals surface area contributed by atoms with Crippen LogP contribution in [0.25, 0.3) is 0 Å². The Kier molecular flexibility index (Phi) is 1.40. The minimum Gasteiger partial charge on any atom is -0.356 e. The predicted octanol–water partition coefficient (Wildman–Crippen LogP) is 1.47. The predicted molar refractivity (Wildman–Crippen MR) is 54.5 cm³/mol. The van der Waals surface area contributed by atoms with Gasteiger partial charge >= 0.3 is 0 Å². The van der Waals surface area contributed by atoms with E-state index >= 15 is 0 Å². The van der Waals surface area contributed by atoms with Crippen LogP contribution in [-0.4, -0.2) is 29.7 Å². The van der Waals surface area contributed by atoms with Crippen molar-refractivity contribution in [2.24, 2.45) is 5.41 Å². The molecule has 3 aliphatic rings. The fourth-order valence-corrected chi connectivity index (χ4v) is 2.72. The molecule has 1 spiro atoms. The van der Waals surface area contributed by atoms with Gasteiger partial charge in [0.05, 0.1) is 6.61 Å². The number of Topliss-reactive ketones (excluding diaryl/α,β-unsaturated/α-hetero) is 1. The second-order valence-corrected chi connectivity index (χ2v) is 5.82. The van der Waals surface area contributed by atoms with Gasteiger partial charge in [-0.3, -0.25) is 4.79 Å². The van der Waals surface area contributed by atoms with E-state index in [0.717, 1.165) is 5.57 Å². The van der Waals surface area contributed by atoms with E-state index in [4.69, 9.17) is 9.47 Å². The number of fused-ring (bicyclic) bond motifs is 1. The molecule has 3 heteroatoms. The lowest BCUT2D eigenvalue weighted by atomic mass is 9.68. The number of carbonyl (C=O) groups excluding carboxylic acids is 1. The van der Waals surface area contributed by atoms with Gasteiger partial charge in [-0.1, -0.05) is 26.8 Å². The topological polar surface area (TPSA) is 42.1 Å². The molecule has 0 N–H and O–H groups in total. The fraction of sp³-hybridized carbons (Fsp3) is 0.750. The van der Waals surface area contributed by atoms with Gasteiger partial charge in [-0.15, -0.1) is 0 Å². The first-order valence-electron chi connectivity index (χ1n) is 5.40. The maximum atomic E-state index is 12.4. The highest BCUT2D eigenvalue weighted by atomic mass is 16.6. The Bertz CT molecular complexity index is 384. The van der Waals surface area contributed by atoms with Crippen molar-refractivity contribution in [1.29, 1.82) is 0 Å². The van der Waals surface area contributed by atoms with E-state index in [9.17, 15) is 4.79 Å². The largest absolute Gasteiger partial charge is 0.356 e. The molecule has 3 rings (SSSR count). The lowest BCUT2D eigenvalue weighted by Crippen LogP contribution is -2.50. The molecular formula is C12H16O3. The Labute approximate surface area is 89.4 Å². The number of epoxide rings is 2. The van der Waals surface area contributed by atoms with Gasteiger partial charge in [0.25, 0.3) is 0 Å². The number of carbonyl (C=O) groups is 1. The summed E-state index contributed by atoms with van der Waals surface area (Å²) in [5.41, 5.74) is -0.386. The molecule has 2 aliphatic heterocycles. The second kappa shape index (κ2) is 2.20. The van der Waals surface area contributed by atoms with Crippen LogP contribution in [0.5, 0.6) is 0 Å². The zero-order valence-corrected chi connectivity index (χ0v) is 9.59. The van der Waals surface area contributed by atoms with Crippen LogP contribution in [0.4, 0.5) is 0 Å². The maximum absolute atomic E-state index is 12.4. The Morgan fingerprint density at radius 2 is 2.07 bits per heavy atom. The molecule has 0 aromatic heterocycles. The summed E-state index contributed by atoms with van der Waals surface area (Å²) in [4.78, 5) is 12.4. The molecule has 0 radical (unpaired) electrons. The van der Waals surface area contributed by atoms with Gasteiger partial charge < -0.3 is 9.47 Å². The van der Waals surface area contributed by atoms with Crippen molar-refractivity contribution in [3.05, 3.63) is 11.6 Å². The third-order valence-corrected chi connectivity index (χ3v) is 3.95. The zero-order valence-electron chi connectivity index (χ0n) is 9.59. The van der Waals surface area contributed by atoms with Crippen molar-refractivity contribution in [1.82, 2.24) is 0 Å². The molecular weight excluding hydrogens is 192 g/mol. The minimum atomic E-state index is -0.625. The van der Waals surface area contributed by atoms with Gasteiger partial charge in [0.2, 0.25) is 5.78 Å².